The number of sulfonamides is 1. The number of carbonyl (C=O) groups excluding carboxylic acids is 1. The Kier molecular flexibility index (Phi) is 8.13. The fourth-order valence-electron chi connectivity index (χ4n) is 3.39. The molecular formula is C25H27ClN2O4S. The molecule has 0 saturated heterocycles. The van der Waals surface area contributed by atoms with E-state index in [0.717, 1.165) is 16.7 Å². The fourth-order valence-corrected chi connectivity index (χ4v) is 5.20. The first-order valence-corrected chi connectivity index (χ1v) is 12.3. The quantitative estimate of drug-likeness (QED) is 0.469. The summed E-state index contributed by atoms with van der Waals surface area (Å²) in [7, 11) is -2.60. The van der Waals surface area contributed by atoms with Gasteiger partial charge in [-0.3, -0.25) is 4.79 Å². The molecule has 1 N–H and O–H groups in total. The maximum atomic E-state index is 13.6. The van der Waals surface area contributed by atoms with Crippen LogP contribution in [0, 0.1) is 13.8 Å². The van der Waals surface area contributed by atoms with Crippen molar-refractivity contribution in [1.82, 2.24) is 4.31 Å². The molecule has 0 radical (unpaired) electrons. The highest BCUT2D eigenvalue weighted by Gasteiger charge is 2.29. The van der Waals surface area contributed by atoms with Crippen molar-refractivity contribution in [1.29, 1.82) is 0 Å². The number of amides is 1. The van der Waals surface area contributed by atoms with Gasteiger partial charge in [-0.2, -0.15) is 4.31 Å². The molecule has 0 spiro atoms. The van der Waals surface area contributed by atoms with Gasteiger partial charge in [0, 0.05) is 17.3 Å². The molecule has 0 heterocycles. The van der Waals surface area contributed by atoms with Gasteiger partial charge < -0.3 is 10.1 Å². The van der Waals surface area contributed by atoms with Crippen LogP contribution in [0.5, 0.6) is 5.75 Å². The molecule has 0 aliphatic rings. The van der Waals surface area contributed by atoms with Crippen LogP contribution in [-0.2, 0) is 21.2 Å². The van der Waals surface area contributed by atoms with Crippen molar-refractivity contribution in [3.8, 4) is 5.75 Å². The molecule has 174 valence electrons. The Hall–Kier alpha value is -2.87. The Morgan fingerprint density at radius 1 is 1.03 bits per heavy atom. The smallest absolute Gasteiger partial charge is 0.247 e. The Bertz CT molecular complexity index is 1230. The molecule has 33 heavy (non-hydrogen) atoms. The predicted octanol–water partition coefficient (Wildman–Crippen LogP) is 4.84. The molecule has 0 saturated carbocycles. The van der Waals surface area contributed by atoms with Gasteiger partial charge in [0.25, 0.3) is 0 Å². The van der Waals surface area contributed by atoms with Crippen LogP contribution in [0.4, 0.5) is 5.69 Å². The van der Waals surface area contributed by atoms with Crippen LogP contribution in [0.25, 0.3) is 0 Å². The second-order valence-corrected chi connectivity index (χ2v) is 10.1. The van der Waals surface area contributed by atoms with Crippen LogP contribution in [0.1, 0.15) is 16.7 Å². The van der Waals surface area contributed by atoms with Crippen molar-refractivity contribution in [2.45, 2.75) is 25.2 Å². The van der Waals surface area contributed by atoms with E-state index in [2.05, 4.69) is 5.32 Å². The van der Waals surface area contributed by atoms with Crippen LogP contribution >= 0.6 is 11.6 Å². The van der Waals surface area contributed by atoms with Crippen LogP contribution in [0.3, 0.4) is 0 Å². The number of hydrogen-bond acceptors (Lipinski definition) is 4. The number of benzene rings is 3. The third kappa shape index (κ3) is 6.35. The van der Waals surface area contributed by atoms with Crippen molar-refractivity contribution in [2.24, 2.45) is 0 Å². The Balaban J connectivity index is 1.91. The lowest BCUT2D eigenvalue weighted by Gasteiger charge is -2.23. The number of halogens is 1. The molecule has 0 aliphatic heterocycles. The monoisotopic (exact) mass is 486 g/mol. The highest BCUT2D eigenvalue weighted by Crippen LogP contribution is 2.28. The summed E-state index contributed by atoms with van der Waals surface area (Å²) in [6.45, 7) is 3.43. The van der Waals surface area contributed by atoms with Crippen molar-refractivity contribution < 1.29 is 17.9 Å². The van der Waals surface area contributed by atoms with Crippen molar-refractivity contribution >= 4 is 33.2 Å². The van der Waals surface area contributed by atoms with E-state index in [9.17, 15) is 13.2 Å². The van der Waals surface area contributed by atoms with Crippen molar-refractivity contribution in [2.75, 3.05) is 25.5 Å². The van der Waals surface area contributed by atoms with E-state index in [1.807, 2.05) is 37.3 Å². The standard InChI is InChI=1S/C25H27ClN2O4S/c1-18-9-12-23(32-3)24(15-18)33(30,31)28(14-13-20-7-5-4-6-8-20)17-25(29)27-22-16-21(26)11-10-19(22)2/h4-12,15-16H,13-14,17H2,1-3H3,(H,27,29). The topological polar surface area (TPSA) is 75.7 Å². The highest BCUT2D eigenvalue weighted by atomic mass is 35.5. The number of hydrogen-bond donors (Lipinski definition) is 1. The lowest BCUT2D eigenvalue weighted by atomic mass is 10.1. The van der Waals surface area contributed by atoms with Gasteiger partial charge in [0.15, 0.2) is 0 Å². The molecule has 0 fully saturated rings. The number of anilines is 1. The van der Waals surface area contributed by atoms with Gasteiger partial charge in [0.2, 0.25) is 15.9 Å². The summed E-state index contributed by atoms with van der Waals surface area (Å²) in [6, 6.07) is 19.7. The van der Waals surface area contributed by atoms with Crippen molar-refractivity contribution in [3.05, 3.63) is 88.4 Å². The first-order chi connectivity index (χ1) is 15.7. The number of ether oxygens (including phenoxy) is 1. The number of carbonyl (C=O) groups is 1. The van der Waals surface area contributed by atoms with E-state index in [0.29, 0.717) is 17.1 Å². The number of nitrogens with zero attached hydrogens (tertiary/aromatic N) is 1. The normalized spacial score (nSPS) is 11.4. The zero-order valence-electron chi connectivity index (χ0n) is 18.8. The van der Waals surface area contributed by atoms with E-state index in [1.54, 1.807) is 43.3 Å². The minimum absolute atomic E-state index is 0.0322. The number of methoxy groups -OCH3 is 1. The van der Waals surface area contributed by atoms with Crippen LogP contribution in [-0.4, -0.2) is 38.8 Å². The van der Waals surface area contributed by atoms with Gasteiger partial charge in [-0.1, -0.05) is 54.1 Å². The zero-order valence-corrected chi connectivity index (χ0v) is 20.4. The van der Waals surface area contributed by atoms with Crippen LogP contribution in [0.15, 0.2) is 71.6 Å². The Morgan fingerprint density at radius 2 is 1.76 bits per heavy atom. The van der Waals surface area contributed by atoms with Crippen LogP contribution < -0.4 is 10.1 Å². The molecule has 0 atom stereocenters. The van der Waals surface area contributed by atoms with Gasteiger partial charge in [-0.05, 0) is 61.2 Å². The van der Waals surface area contributed by atoms with E-state index in [4.69, 9.17) is 16.3 Å². The van der Waals surface area contributed by atoms with Gasteiger partial charge in [0.1, 0.15) is 10.6 Å². The molecule has 6 nitrogen and oxygen atoms in total. The average molecular weight is 487 g/mol. The summed E-state index contributed by atoms with van der Waals surface area (Å²) < 4.78 is 33.8. The maximum absolute atomic E-state index is 13.6. The lowest BCUT2D eigenvalue weighted by molar-refractivity contribution is -0.116. The predicted molar refractivity (Wildman–Crippen MR) is 131 cm³/mol. The van der Waals surface area contributed by atoms with E-state index in [-0.39, 0.29) is 23.7 Å². The maximum Gasteiger partial charge on any atom is 0.247 e. The summed E-state index contributed by atoms with van der Waals surface area (Å²) in [5.41, 5.74) is 3.12. The number of aryl methyl sites for hydroxylation is 2. The summed E-state index contributed by atoms with van der Waals surface area (Å²) in [4.78, 5) is 12.9. The van der Waals surface area contributed by atoms with Crippen LogP contribution in [0.2, 0.25) is 5.02 Å². The van der Waals surface area contributed by atoms with Gasteiger partial charge in [0.05, 0.1) is 13.7 Å². The highest BCUT2D eigenvalue weighted by molar-refractivity contribution is 7.89. The van der Waals surface area contributed by atoms with E-state index in [1.165, 1.54) is 11.4 Å². The molecule has 0 bridgehead atoms. The minimum Gasteiger partial charge on any atom is -0.495 e. The number of nitrogens with one attached hydrogen (secondary N) is 1. The lowest BCUT2D eigenvalue weighted by Crippen LogP contribution is -2.39. The first-order valence-electron chi connectivity index (χ1n) is 10.5. The summed E-state index contributed by atoms with van der Waals surface area (Å²) in [5, 5.41) is 3.26. The molecule has 8 heteroatoms. The summed E-state index contributed by atoms with van der Waals surface area (Å²) >= 11 is 6.05. The average Bonchev–Trinajstić information content (AvgIpc) is 2.79. The molecule has 0 aromatic heterocycles. The van der Waals surface area contributed by atoms with E-state index < -0.39 is 15.9 Å². The molecule has 1 amide bonds. The van der Waals surface area contributed by atoms with Gasteiger partial charge in [-0.25, -0.2) is 8.42 Å². The number of rotatable bonds is 9. The second kappa shape index (κ2) is 10.8. The molecule has 3 aromatic rings. The summed E-state index contributed by atoms with van der Waals surface area (Å²) in [5.74, 6) is -0.222. The SMILES string of the molecule is COc1ccc(C)cc1S(=O)(=O)N(CCc1ccccc1)CC(=O)Nc1cc(Cl)ccc1C. The molecule has 0 aliphatic carbocycles. The van der Waals surface area contributed by atoms with Gasteiger partial charge >= 0.3 is 0 Å². The zero-order chi connectivity index (χ0) is 24.0. The largest absolute Gasteiger partial charge is 0.495 e. The Labute approximate surface area is 200 Å². The van der Waals surface area contributed by atoms with Crippen molar-refractivity contribution in [3.63, 3.8) is 0 Å². The second-order valence-electron chi connectivity index (χ2n) is 7.74. The third-order valence-corrected chi connectivity index (χ3v) is 7.32. The summed E-state index contributed by atoms with van der Waals surface area (Å²) in [6.07, 6.45) is 0.456. The third-order valence-electron chi connectivity index (χ3n) is 5.22. The first kappa shape index (κ1) is 24.8. The Morgan fingerprint density at radius 3 is 2.45 bits per heavy atom. The van der Waals surface area contributed by atoms with Gasteiger partial charge in [-0.15, -0.1) is 0 Å². The minimum atomic E-state index is -4.02. The molecule has 3 aromatic carbocycles. The molecular weight excluding hydrogens is 460 g/mol. The van der Waals surface area contributed by atoms with E-state index >= 15 is 0 Å². The molecule has 3 rings (SSSR count). The fraction of sp³-hybridized carbons (Fsp3) is 0.240. The molecule has 0 unspecified atom stereocenters.